The molecule has 12 heavy (non-hydrogen) atoms. The average molecular weight is 170 g/mol. The molecule has 0 aromatic carbocycles. The fourth-order valence-electron chi connectivity index (χ4n) is 1.75. The molecule has 1 saturated heterocycles. The number of carbonyl (C=O) groups excluding carboxylic acids is 1. The Morgan fingerprint density at radius 2 is 2.33 bits per heavy atom. The molecular formula is C9H18N2O. The van der Waals surface area contributed by atoms with Gasteiger partial charge >= 0.3 is 0 Å². The molecule has 1 heterocycles. The van der Waals surface area contributed by atoms with Gasteiger partial charge in [0.15, 0.2) is 0 Å². The first kappa shape index (κ1) is 9.68. The van der Waals surface area contributed by atoms with Gasteiger partial charge in [0.25, 0.3) is 0 Å². The lowest BCUT2D eigenvalue weighted by Crippen LogP contribution is -2.51. The predicted octanol–water partition coefficient (Wildman–Crippen LogP) is 0.291. The van der Waals surface area contributed by atoms with E-state index in [2.05, 4.69) is 12.2 Å². The topological polar surface area (TPSA) is 55.1 Å². The molecule has 1 aliphatic rings. The standard InChI is InChI=1S/C9H18N2O/c1-3-9(12)7-5-11-6(2)4-8(7)10/h6-8,11H,3-5,10H2,1-2H3. The maximum atomic E-state index is 11.4. The SMILES string of the molecule is CCC(=O)C1CNC(C)CC1N. The molecule has 1 rings (SSSR count). The van der Waals surface area contributed by atoms with Gasteiger partial charge in [-0.25, -0.2) is 0 Å². The molecule has 0 spiro atoms. The van der Waals surface area contributed by atoms with Crippen LogP contribution < -0.4 is 11.1 Å². The minimum atomic E-state index is 0.0474. The summed E-state index contributed by atoms with van der Waals surface area (Å²) in [6.45, 7) is 4.76. The lowest BCUT2D eigenvalue weighted by molar-refractivity contribution is -0.123. The Hall–Kier alpha value is -0.410. The highest BCUT2D eigenvalue weighted by Crippen LogP contribution is 2.15. The van der Waals surface area contributed by atoms with E-state index in [-0.39, 0.29) is 12.0 Å². The van der Waals surface area contributed by atoms with Crippen LogP contribution in [0, 0.1) is 5.92 Å². The van der Waals surface area contributed by atoms with Crippen molar-refractivity contribution < 1.29 is 4.79 Å². The number of hydrogen-bond acceptors (Lipinski definition) is 3. The number of Topliss-reactive ketones (excluding diaryl/α,β-unsaturated/α-hetero) is 1. The Morgan fingerprint density at radius 1 is 1.67 bits per heavy atom. The molecule has 0 aliphatic carbocycles. The summed E-state index contributed by atoms with van der Waals surface area (Å²) in [5.41, 5.74) is 5.89. The van der Waals surface area contributed by atoms with Gasteiger partial charge in [0, 0.05) is 31.0 Å². The maximum absolute atomic E-state index is 11.4. The average Bonchev–Trinajstić information content (AvgIpc) is 2.03. The zero-order valence-electron chi connectivity index (χ0n) is 7.84. The van der Waals surface area contributed by atoms with Crippen LogP contribution in [-0.2, 0) is 4.79 Å². The van der Waals surface area contributed by atoms with Crippen LogP contribution in [0.1, 0.15) is 26.7 Å². The van der Waals surface area contributed by atoms with Gasteiger partial charge in [-0.3, -0.25) is 4.79 Å². The van der Waals surface area contributed by atoms with Crippen molar-refractivity contribution >= 4 is 5.78 Å². The Labute approximate surface area is 73.7 Å². The second kappa shape index (κ2) is 4.01. The highest BCUT2D eigenvalue weighted by atomic mass is 16.1. The van der Waals surface area contributed by atoms with Crippen LogP contribution in [0.2, 0.25) is 0 Å². The molecule has 0 bridgehead atoms. The number of nitrogens with one attached hydrogen (secondary N) is 1. The second-order valence-electron chi connectivity index (χ2n) is 3.64. The van der Waals surface area contributed by atoms with E-state index in [9.17, 15) is 4.79 Å². The first-order chi connectivity index (χ1) is 5.65. The van der Waals surface area contributed by atoms with Gasteiger partial charge in [0.05, 0.1) is 0 Å². The lowest BCUT2D eigenvalue weighted by Gasteiger charge is -2.32. The van der Waals surface area contributed by atoms with Gasteiger partial charge < -0.3 is 11.1 Å². The van der Waals surface area contributed by atoms with E-state index in [1.54, 1.807) is 0 Å². The summed E-state index contributed by atoms with van der Waals surface area (Å²) in [6.07, 6.45) is 1.52. The van der Waals surface area contributed by atoms with Crippen LogP contribution in [0.5, 0.6) is 0 Å². The quantitative estimate of drug-likeness (QED) is 0.626. The largest absolute Gasteiger partial charge is 0.327 e. The van der Waals surface area contributed by atoms with E-state index in [0.717, 1.165) is 13.0 Å². The van der Waals surface area contributed by atoms with Crippen molar-refractivity contribution in [1.29, 1.82) is 0 Å². The Balaban J connectivity index is 2.50. The number of ketones is 1. The van der Waals surface area contributed by atoms with E-state index in [1.165, 1.54) is 0 Å². The Morgan fingerprint density at radius 3 is 2.83 bits per heavy atom. The molecule has 70 valence electrons. The molecule has 0 saturated carbocycles. The summed E-state index contributed by atoms with van der Waals surface area (Å²) in [5, 5.41) is 3.28. The van der Waals surface area contributed by atoms with E-state index < -0.39 is 0 Å². The van der Waals surface area contributed by atoms with Gasteiger partial charge in [0.1, 0.15) is 5.78 Å². The van der Waals surface area contributed by atoms with E-state index >= 15 is 0 Å². The third-order valence-electron chi connectivity index (χ3n) is 2.59. The summed E-state index contributed by atoms with van der Waals surface area (Å²) >= 11 is 0. The number of rotatable bonds is 2. The van der Waals surface area contributed by atoms with Gasteiger partial charge in [-0.1, -0.05) is 6.92 Å². The minimum Gasteiger partial charge on any atom is -0.327 e. The molecular weight excluding hydrogens is 152 g/mol. The molecule has 3 unspecified atom stereocenters. The van der Waals surface area contributed by atoms with Crippen molar-refractivity contribution in [2.24, 2.45) is 11.7 Å². The van der Waals surface area contributed by atoms with E-state index in [1.807, 2.05) is 6.92 Å². The zero-order chi connectivity index (χ0) is 9.14. The van der Waals surface area contributed by atoms with E-state index in [0.29, 0.717) is 18.2 Å². The van der Waals surface area contributed by atoms with Crippen molar-refractivity contribution in [3.8, 4) is 0 Å². The zero-order valence-corrected chi connectivity index (χ0v) is 7.84. The van der Waals surface area contributed by atoms with Crippen molar-refractivity contribution in [3.63, 3.8) is 0 Å². The summed E-state index contributed by atoms with van der Waals surface area (Å²) < 4.78 is 0. The molecule has 3 heteroatoms. The minimum absolute atomic E-state index is 0.0474. The van der Waals surface area contributed by atoms with Crippen LogP contribution in [0.15, 0.2) is 0 Å². The summed E-state index contributed by atoms with van der Waals surface area (Å²) in [5.74, 6) is 0.341. The second-order valence-corrected chi connectivity index (χ2v) is 3.64. The van der Waals surface area contributed by atoms with E-state index in [4.69, 9.17) is 5.73 Å². The third-order valence-corrected chi connectivity index (χ3v) is 2.59. The van der Waals surface area contributed by atoms with Crippen molar-refractivity contribution in [1.82, 2.24) is 5.32 Å². The molecule has 0 radical (unpaired) electrons. The van der Waals surface area contributed by atoms with Crippen LogP contribution in [0.25, 0.3) is 0 Å². The molecule has 0 amide bonds. The number of piperidine rings is 1. The van der Waals surface area contributed by atoms with Gasteiger partial charge in [-0.15, -0.1) is 0 Å². The predicted molar refractivity (Wildman–Crippen MR) is 48.8 cm³/mol. The number of carbonyl (C=O) groups is 1. The van der Waals surface area contributed by atoms with Crippen LogP contribution in [0.4, 0.5) is 0 Å². The molecule has 0 aromatic rings. The normalized spacial score (nSPS) is 36.4. The summed E-state index contributed by atoms with van der Waals surface area (Å²) in [7, 11) is 0. The first-order valence-electron chi connectivity index (χ1n) is 4.66. The first-order valence-corrected chi connectivity index (χ1v) is 4.66. The fourth-order valence-corrected chi connectivity index (χ4v) is 1.75. The maximum Gasteiger partial charge on any atom is 0.138 e. The van der Waals surface area contributed by atoms with Crippen LogP contribution >= 0.6 is 0 Å². The number of hydrogen-bond donors (Lipinski definition) is 2. The molecule has 3 atom stereocenters. The molecule has 1 fully saturated rings. The highest BCUT2D eigenvalue weighted by Gasteiger charge is 2.29. The molecule has 1 aliphatic heterocycles. The Bertz CT molecular complexity index is 170. The van der Waals surface area contributed by atoms with Crippen LogP contribution in [0.3, 0.4) is 0 Å². The molecule has 3 nitrogen and oxygen atoms in total. The highest BCUT2D eigenvalue weighted by molar-refractivity contribution is 5.81. The number of nitrogens with two attached hydrogens (primary N) is 1. The smallest absolute Gasteiger partial charge is 0.138 e. The third kappa shape index (κ3) is 2.05. The van der Waals surface area contributed by atoms with Crippen LogP contribution in [-0.4, -0.2) is 24.4 Å². The summed E-state index contributed by atoms with van der Waals surface area (Å²) in [6, 6.07) is 0.523. The van der Waals surface area contributed by atoms with Crippen molar-refractivity contribution in [2.75, 3.05) is 6.54 Å². The van der Waals surface area contributed by atoms with Gasteiger partial charge in [-0.2, -0.15) is 0 Å². The molecule has 0 aromatic heterocycles. The lowest BCUT2D eigenvalue weighted by atomic mass is 9.86. The van der Waals surface area contributed by atoms with Crippen molar-refractivity contribution in [3.05, 3.63) is 0 Å². The molecule has 3 N–H and O–H groups in total. The Kier molecular flexibility index (Phi) is 3.23. The van der Waals surface area contributed by atoms with Gasteiger partial charge in [0.2, 0.25) is 0 Å². The van der Waals surface area contributed by atoms with Gasteiger partial charge in [-0.05, 0) is 13.3 Å². The summed E-state index contributed by atoms with van der Waals surface area (Å²) in [4.78, 5) is 11.4. The monoisotopic (exact) mass is 170 g/mol. The van der Waals surface area contributed by atoms with Crippen molar-refractivity contribution in [2.45, 2.75) is 38.8 Å². The fraction of sp³-hybridized carbons (Fsp3) is 0.889.